The average Bonchev–Trinajstić information content (AvgIpc) is 2.50. The summed E-state index contributed by atoms with van der Waals surface area (Å²) in [5, 5.41) is 24.7. The maximum atomic E-state index is 10.3. The molecule has 0 atom stereocenters. The molecule has 16 heavy (non-hydrogen) atoms. The van der Waals surface area contributed by atoms with Gasteiger partial charge in [0.25, 0.3) is 0 Å². The Morgan fingerprint density at radius 3 is 2.44 bits per heavy atom. The van der Waals surface area contributed by atoms with Crippen molar-refractivity contribution in [3.05, 3.63) is 0 Å². The number of nitrogens with zero attached hydrogens (tertiary/aromatic N) is 1. The van der Waals surface area contributed by atoms with Crippen LogP contribution in [0.15, 0.2) is 5.16 Å². The molecule has 1 aliphatic rings. The Bertz CT molecular complexity index is 223. The van der Waals surface area contributed by atoms with Crippen molar-refractivity contribution in [1.29, 1.82) is 0 Å². The maximum absolute atomic E-state index is 10.3. The molecular formula is C11H23N3O2. The van der Waals surface area contributed by atoms with Crippen LogP contribution in [0.3, 0.4) is 0 Å². The highest BCUT2D eigenvalue weighted by molar-refractivity contribution is 5.79. The van der Waals surface area contributed by atoms with Gasteiger partial charge in [-0.2, -0.15) is 0 Å². The molecule has 0 heterocycles. The van der Waals surface area contributed by atoms with Gasteiger partial charge in [0, 0.05) is 19.5 Å². The van der Waals surface area contributed by atoms with Crippen molar-refractivity contribution in [3.8, 4) is 0 Å². The van der Waals surface area contributed by atoms with Gasteiger partial charge >= 0.3 is 0 Å². The molecule has 1 aliphatic carbocycles. The Balaban J connectivity index is 2.19. The first-order valence-corrected chi connectivity index (χ1v) is 6.06. The third-order valence-electron chi connectivity index (χ3n) is 3.17. The highest BCUT2D eigenvalue weighted by Crippen LogP contribution is 2.26. The minimum Gasteiger partial charge on any atom is -0.409 e. The number of rotatable bonds is 5. The number of hydrogen-bond acceptors (Lipinski definition) is 4. The van der Waals surface area contributed by atoms with E-state index in [4.69, 9.17) is 10.9 Å². The Morgan fingerprint density at radius 1 is 1.25 bits per heavy atom. The second-order valence-electron chi connectivity index (χ2n) is 4.66. The zero-order valence-electron chi connectivity index (χ0n) is 9.78. The molecule has 0 aromatic rings. The summed E-state index contributed by atoms with van der Waals surface area (Å²) in [6.45, 7) is 1.24. The molecule has 0 aromatic heterocycles. The van der Waals surface area contributed by atoms with Crippen LogP contribution in [0.4, 0.5) is 0 Å². The SMILES string of the molecule is NC(CCNCC1(O)CCCCCC1)=NO. The van der Waals surface area contributed by atoms with E-state index in [1.807, 2.05) is 0 Å². The molecule has 0 spiro atoms. The summed E-state index contributed by atoms with van der Waals surface area (Å²) in [5.74, 6) is 0.223. The average molecular weight is 229 g/mol. The fraction of sp³-hybridized carbons (Fsp3) is 0.909. The molecule has 1 saturated carbocycles. The zero-order valence-corrected chi connectivity index (χ0v) is 9.78. The highest BCUT2D eigenvalue weighted by atomic mass is 16.4. The number of nitrogens with two attached hydrogens (primary N) is 1. The molecular weight excluding hydrogens is 206 g/mol. The topological polar surface area (TPSA) is 90.9 Å². The molecule has 0 bridgehead atoms. The van der Waals surface area contributed by atoms with Crippen molar-refractivity contribution < 1.29 is 10.3 Å². The molecule has 0 amide bonds. The van der Waals surface area contributed by atoms with Crippen molar-refractivity contribution in [2.24, 2.45) is 10.9 Å². The van der Waals surface area contributed by atoms with Gasteiger partial charge in [0.2, 0.25) is 0 Å². The maximum Gasteiger partial charge on any atom is 0.140 e. The molecule has 0 radical (unpaired) electrons. The van der Waals surface area contributed by atoms with E-state index >= 15 is 0 Å². The third kappa shape index (κ3) is 4.81. The molecule has 5 nitrogen and oxygen atoms in total. The molecule has 0 saturated heterocycles. The molecule has 5 N–H and O–H groups in total. The highest BCUT2D eigenvalue weighted by Gasteiger charge is 2.27. The normalized spacial score (nSPS) is 21.7. The Morgan fingerprint density at radius 2 is 1.88 bits per heavy atom. The summed E-state index contributed by atoms with van der Waals surface area (Å²) in [5.41, 5.74) is 4.79. The third-order valence-corrected chi connectivity index (χ3v) is 3.17. The minimum absolute atomic E-state index is 0.223. The molecule has 94 valence electrons. The van der Waals surface area contributed by atoms with Crippen LogP contribution in [0.5, 0.6) is 0 Å². The van der Waals surface area contributed by atoms with E-state index in [1.54, 1.807) is 0 Å². The van der Waals surface area contributed by atoms with Crippen molar-refractivity contribution >= 4 is 5.84 Å². The summed E-state index contributed by atoms with van der Waals surface area (Å²) in [7, 11) is 0. The van der Waals surface area contributed by atoms with Crippen LogP contribution in [0.2, 0.25) is 0 Å². The van der Waals surface area contributed by atoms with Crippen LogP contribution in [-0.2, 0) is 0 Å². The van der Waals surface area contributed by atoms with E-state index in [0.29, 0.717) is 19.5 Å². The van der Waals surface area contributed by atoms with Gasteiger partial charge in [0.15, 0.2) is 0 Å². The Kier molecular flexibility index (Phi) is 5.55. The first-order chi connectivity index (χ1) is 7.66. The van der Waals surface area contributed by atoms with Gasteiger partial charge < -0.3 is 21.4 Å². The lowest BCUT2D eigenvalue weighted by Gasteiger charge is -2.26. The van der Waals surface area contributed by atoms with Crippen LogP contribution >= 0.6 is 0 Å². The summed E-state index contributed by atoms with van der Waals surface area (Å²) < 4.78 is 0. The molecule has 0 aliphatic heterocycles. The van der Waals surface area contributed by atoms with Crippen molar-refractivity contribution in [2.75, 3.05) is 13.1 Å². The largest absolute Gasteiger partial charge is 0.409 e. The van der Waals surface area contributed by atoms with Crippen molar-refractivity contribution in [3.63, 3.8) is 0 Å². The smallest absolute Gasteiger partial charge is 0.140 e. The van der Waals surface area contributed by atoms with E-state index in [9.17, 15) is 5.11 Å². The minimum atomic E-state index is -0.554. The van der Waals surface area contributed by atoms with E-state index in [0.717, 1.165) is 25.7 Å². The number of oxime groups is 1. The van der Waals surface area contributed by atoms with Crippen molar-refractivity contribution in [1.82, 2.24) is 5.32 Å². The number of nitrogens with one attached hydrogen (secondary N) is 1. The van der Waals surface area contributed by atoms with E-state index < -0.39 is 5.60 Å². The number of amidine groups is 1. The van der Waals surface area contributed by atoms with Crippen molar-refractivity contribution in [2.45, 2.75) is 50.5 Å². The Labute approximate surface area is 96.7 Å². The van der Waals surface area contributed by atoms with Gasteiger partial charge in [-0.05, 0) is 12.8 Å². The second kappa shape index (κ2) is 6.70. The van der Waals surface area contributed by atoms with E-state index in [2.05, 4.69) is 10.5 Å². The summed E-state index contributed by atoms with van der Waals surface area (Å²) in [4.78, 5) is 0. The van der Waals surface area contributed by atoms with Crippen LogP contribution < -0.4 is 11.1 Å². The second-order valence-corrected chi connectivity index (χ2v) is 4.66. The summed E-state index contributed by atoms with van der Waals surface area (Å²) in [6, 6.07) is 0. The fourth-order valence-corrected chi connectivity index (χ4v) is 2.15. The Hall–Kier alpha value is -0.810. The monoisotopic (exact) mass is 229 g/mol. The van der Waals surface area contributed by atoms with E-state index in [-0.39, 0.29) is 5.84 Å². The van der Waals surface area contributed by atoms with Crippen LogP contribution in [0.1, 0.15) is 44.9 Å². The van der Waals surface area contributed by atoms with Crippen LogP contribution in [0, 0.1) is 0 Å². The lowest BCUT2D eigenvalue weighted by atomic mass is 9.94. The van der Waals surface area contributed by atoms with Gasteiger partial charge in [-0.25, -0.2) is 0 Å². The van der Waals surface area contributed by atoms with Gasteiger partial charge in [-0.15, -0.1) is 0 Å². The van der Waals surface area contributed by atoms with Gasteiger partial charge in [-0.1, -0.05) is 30.8 Å². The number of hydrogen-bond donors (Lipinski definition) is 4. The van der Waals surface area contributed by atoms with Crippen LogP contribution in [0.25, 0.3) is 0 Å². The predicted molar refractivity (Wildman–Crippen MR) is 63.5 cm³/mol. The summed E-state index contributed by atoms with van der Waals surface area (Å²) >= 11 is 0. The molecule has 0 unspecified atom stereocenters. The molecule has 5 heteroatoms. The summed E-state index contributed by atoms with van der Waals surface area (Å²) in [6.07, 6.45) is 6.94. The first-order valence-electron chi connectivity index (χ1n) is 6.06. The number of aliphatic hydroxyl groups is 1. The molecule has 1 rings (SSSR count). The standard InChI is InChI=1S/C11H23N3O2/c12-10(14-16)5-8-13-9-11(15)6-3-1-2-4-7-11/h13,15-16H,1-9H2,(H2,12,14). The fourth-order valence-electron chi connectivity index (χ4n) is 2.15. The zero-order chi connectivity index (χ0) is 11.9. The quantitative estimate of drug-likeness (QED) is 0.140. The van der Waals surface area contributed by atoms with Gasteiger partial charge in [0.05, 0.1) is 5.60 Å². The van der Waals surface area contributed by atoms with E-state index in [1.165, 1.54) is 12.8 Å². The van der Waals surface area contributed by atoms with Gasteiger partial charge in [-0.3, -0.25) is 0 Å². The van der Waals surface area contributed by atoms with Gasteiger partial charge in [0.1, 0.15) is 5.84 Å². The lowest BCUT2D eigenvalue weighted by molar-refractivity contribution is 0.0257. The lowest BCUT2D eigenvalue weighted by Crippen LogP contribution is -2.41. The molecule has 0 aromatic carbocycles. The molecule has 1 fully saturated rings. The first kappa shape index (κ1) is 13.3. The predicted octanol–water partition coefficient (Wildman–Crippen LogP) is 0.798. The van der Waals surface area contributed by atoms with Crippen LogP contribution in [-0.4, -0.2) is 34.8 Å².